The number of aromatic amines is 1. The van der Waals surface area contributed by atoms with E-state index in [9.17, 15) is 0 Å². The molecule has 3 nitrogen and oxygen atoms in total. The van der Waals surface area contributed by atoms with Crippen molar-refractivity contribution in [2.75, 3.05) is 11.4 Å². The molecule has 0 radical (unpaired) electrons. The fraction of sp³-hybridized carbons (Fsp3) is 0.250. The van der Waals surface area contributed by atoms with Gasteiger partial charge in [0, 0.05) is 29.6 Å². The van der Waals surface area contributed by atoms with Gasteiger partial charge in [-0.05, 0) is 24.1 Å². The molecule has 1 aliphatic rings. The minimum Gasteiger partial charge on any atom is -0.363 e. The average molecular weight is 234 g/mol. The number of hydrogen-bond acceptors (Lipinski definition) is 2. The molecule has 0 bridgehead atoms. The minimum atomic E-state index is 0.820. The second-order valence-corrected chi connectivity index (χ2v) is 4.35. The SMILES string of the molecule is Clc1cccc2c1CCN2Cc1ncc[nH]1. The first-order valence-electron chi connectivity index (χ1n) is 5.35. The monoisotopic (exact) mass is 233 g/mol. The first kappa shape index (κ1) is 9.73. The fourth-order valence-corrected chi connectivity index (χ4v) is 2.45. The van der Waals surface area contributed by atoms with E-state index in [-0.39, 0.29) is 0 Å². The molecule has 0 unspecified atom stereocenters. The molecule has 0 aliphatic carbocycles. The highest BCUT2D eigenvalue weighted by Crippen LogP contribution is 2.33. The smallest absolute Gasteiger partial charge is 0.125 e. The van der Waals surface area contributed by atoms with Crippen LogP contribution in [0.4, 0.5) is 5.69 Å². The van der Waals surface area contributed by atoms with Gasteiger partial charge in [0.2, 0.25) is 0 Å². The Morgan fingerprint density at radius 1 is 1.44 bits per heavy atom. The van der Waals surface area contributed by atoms with E-state index in [0.29, 0.717) is 0 Å². The minimum absolute atomic E-state index is 0.820. The van der Waals surface area contributed by atoms with Crippen LogP contribution in [-0.4, -0.2) is 16.5 Å². The van der Waals surface area contributed by atoms with Crippen molar-refractivity contribution < 1.29 is 0 Å². The maximum absolute atomic E-state index is 6.17. The molecule has 4 heteroatoms. The van der Waals surface area contributed by atoms with E-state index in [2.05, 4.69) is 20.9 Å². The Hall–Kier alpha value is -1.48. The lowest BCUT2D eigenvalue weighted by molar-refractivity contribution is 0.798. The second kappa shape index (κ2) is 3.83. The fourth-order valence-electron chi connectivity index (χ4n) is 2.19. The van der Waals surface area contributed by atoms with Crippen molar-refractivity contribution in [2.45, 2.75) is 13.0 Å². The summed E-state index contributed by atoms with van der Waals surface area (Å²) in [5, 5.41) is 0.874. The standard InChI is InChI=1S/C12H12ClN3/c13-10-2-1-3-11-9(10)4-7-16(11)8-12-14-5-6-15-12/h1-3,5-6H,4,7-8H2,(H,14,15). The number of imidazole rings is 1. The van der Waals surface area contributed by atoms with Crippen LogP contribution >= 0.6 is 11.6 Å². The predicted molar refractivity (Wildman–Crippen MR) is 64.8 cm³/mol. The normalized spacial score (nSPS) is 14.2. The summed E-state index contributed by atoms with van der Waals surface area (Å²) >= 11 is 6.17. The Balaban J connectivity index is 1.89. The van der Waals surface area contributed by atoms with Crippen molar-refractivity contribution in [3.8, 4) is 0 Å². The van der Waals surface area contributed by atoms with Crippen LogP contribution in [0.15, 0.2) is 30.6 Å². The molecular formula is C12H12ClN3. The van der Waals surface area contributed by atoms with Gasteiger partial charge in [0.05, 0.1) is 6.54 Å². The molecule has 3 rings (SSSR count). The lowest BCUT2D eigenvalue weighted by atomic mass is 10.2. The van der Waals surface area contributed by atoms with Gasteiger partial charge in [-0.15, -0.1) is 0 Å². The number of halogens is 1. The highest BCUT2D eigenvalue weighted by atomic mass is 35.5. The molecule has 82 valence electrons. The van der Waals surface area contributed by atoms with Gasteiger partial charge in [0.1, 0.15) is 5.82 Å². The Labute approximate surface area is 99.1 Å². The number of H-pyrrole nitrogens is 1. The average Bonchev–Trinajstić information content (AvgIpc) is 2.90. The zero-order valence-electron chi connectivity index (χ0n) is 8.78. The molecule has 0 saturated heterocycles. The van der Waals surface area contributed by atoms with Gasteiger partial charge < -0.3 is 9.88 Å². The van der Waals surface area contributed by atoms with E-state index >= 15 is 0 Å². The van der Waals surface area contributed by atoms with Crippen LogP contribution in [0.3, 0.4) is 0 Å². The molecule has 2 heterocycles. The molecular weight excluding hydrogens is 222 g/mol. The molecule has 1 aliphatic heterocycles. The van der Waals surface area contributed by atoms with Crippen LogP contribution in [0.2, 0.25) is 5.02 Å². The molecule has 0 fully saturated rings. The number of anilines is 1. The third-order valence-corrected chi connectivity index (χ3v) is 3.32. The maximum atomic E-state index is 6.17. The van der Waals surface area contributed by atoms with E-state index in [1.807, 2.05) is 18.3 Å². The van der Waals surface area contributed by atoms with Crippen LogP contribution in [0.5, 0.6) is 0 Å². The highest BCUT2D eigenvalue weighted by molar-refractivity contribution is 6.31. The topological polar surface area (TPSA) is 31.9 Å². The van der Waals surface area contributed by atoms with Crippen molar-refractivity contribution in [3.05, 3.63) is 47.0 Å². The molecule has 1 aromatic carbocycles. The number of fused-ring (bicyclic) bond motifs is 1. The Kier molecular flexibility index (Phi) is 2.33. The number of nitrogens with one attached hydrogen (secondary N) is 1. The summed E-state index contributed by atoms with van der Waals surface area (Å²) in [5.74, 6) is 0.993. The lowest BCUT2D eigenvalue weighted by Crippen LogP contribution is -2.20. The molecule has 0 atom stereocenters. The van der Waals surface area contributed by atoms with Gasteiger partial charge in [0.15, 0.2) is 0 Å². The van der Waals surface area contributed by atoms with E-state index in [4.69, 9.17) is 11.6 Å². The first-order chi connectivity index (χ1) is 7.84. The maximum Gasteiger partial charge on any atom is 0.125 e. The van der Waals surface area contributed by atoms with Crippen molar-refractivity contribution in [1.82, 2.24) is 9.97 Å². The van der Waals surface area contributed by atoms with E-state index in [1.165, 1.54) is 11.3 Å². The largest absolute Gasteiger partial charge is 0.363 e. The van der Waals surface area contributed by atoms with E-state index in [1.54, 1.807) is 6.20 Å². The van der Waals surface area contributed by atoms with Crippen LogP contribution in [0.25, 0.3) is 0 Å². The molecule has 1 aromatic heterocycles. The Bertz CT molecular complexity index is 493. The first-order valence-corrected chi connectivity index (χ1v) is 5.73. The highest BCUT2D eigenvalue weighted by Gasteiger charge is 2.21. The van der Waals surface area contributed by atoms with Crippen LogP contribution < -0.4 is 4.90 Å². The molecule has 0 spiro atoms. The third kappa shape index (κ3) is 1.57. The van der Waals surface area contributed by atoms with E-state index in [0.717, 1.165) is 30.4 Å². The Morgan fingerprint density at radius 3 is 3.19 bits per heavy atom. The number of aromatic nitrogens is 2. The number of rotatable bonds is 2. The Morgan fingerprint density at radius 2 is 2.38 bits per heavy atom. The predicted octanol–water partition coefficient (Wildman–Crippen LogP) is 2.63. The number of benzene rings is 1. The zero-order valence-corrected chi connectivity index (χ0v) is 9.54. The van der Waals surface area contributed by atoms with Gasteiger partial charge in [-0.2, -0.15) is 0 Å². The van der Waals surface area contributed by atoms with Crippen LogP contribution in [0, 0.1) is 0 Å². The van der Waals surface area contributed by atoms with Gasteiger partial charge in [-0.25, -0.2) is 4.98 Å². The summed E-state index contributed by atoms with van der Waals surface area (Å²) in [6, 6.07) is 6.08. The number of nitrogens with zero attached hydrogens (tertiary/aromatic N) is 2. The van der Waals surface area contributed by atoms with Crippen LogP contribution in [0.1, 0.15) is 11.4 Å². The van der Waals surface area contributed by atoms with Gasteiger partial charge in [0.25, 0.3) is 0 Å². The van der Waals surface area contributed by atoms with Gasteiger partial charge in [-0.1, -0.05) is 17.7 Å². The van der Waals surface area contributed by atoms with Crippen LogP contribution in [-0.2, 0) is 13.0 Å². The molecule has 16 heavy (non-hydrogen) atoms. The molecule has 0 amide bonds. The van der Waals surface area contributed by atoms with Gasteiger partial charge >= 0.3 is 0 Å². The van der Waals surface area contributed by atoms with E-state index < -0.39 is 0 Å². The summed E-state index contributed by atoms with van der Waals surface area (Å²) in [6.07, 6.45) is 4.66. The molecule has 2 aromatic rings. The third-order valence-electron chi connectivity index (χ3n) is 2.96. The molecule has 0 saturated carbocycles. The van der Waals surface area contributed by atoms with Crippen molar-refractivity contribution in [3.63, 3.8) is 0 Å². The van der Waals surface area contributed by atoms with Crippen molar-refractivity contribution >= 4 is 17.3 Å². The second-order valence-electron chi connectivity index (χ2n) is 3.94. The summed E-state index contributed by atoms with van der Waals surface area (Å²) in [7, 11) is 0. The lowest BCUT2D eigenvalue weighted by Gasteiger charge is -2.17. The molecule has 1 N–H and O–H groups in total. The summed E-state index contributed by atoms with van der Waals surface area (Å²) < 4.78 is 0. The summed E-state index contributed by atoms with van der Waals surface area (Å²) in [6.45, 7) is 1.83. The summed E-state index contributed by atoms with van der Waals surface area (Å²) in [5.41, 5.74) is 2.50. The number of hydrogen-bond donors (Lipinski definition) is 1. The summed E-state index contributed by atoms with van der Waals surface area (Å²) in [4.78, 5) is 9.67. The van der Waals surface area contributed by atoms with Crippen molar-refractivity contribution in [1.29, 1.82) is 0 Å². The van der Waals surface area contributed by atoms with Crippen molar-refractivity contribution in [2.24, 2.45) is 0 Å². The zero-order chi connectivity index (χ0) is 11.0. The quantitative estimate of drug-likeness (QED) is 0.865. The van der Waals surface area contributed by atoms with Gasteiger partial charge in [-0.3, -0.25) is 0 Å².